The molecule has 0 aromatic heterocycles. The Morgan fingerprint density at radius 3 is 2.35 bits per heavy atom. The van der Waals surface area contributed by atoms with Crippen LogP contribution < -0.4 is 9.47 Å². The molecule has 0 aliphatic rings. The Morgan fingerprint density at radius 2 is 1.88 bits per heavy atom. The molecule has 0 spiro atoms. The zero-order valence-corrected chi connectivity index (χ0v) is 11.8. The Bertz CT molecular complexity index is 350. The van der Waals surface area contributed by atoms with Gasteiger partial charge in [0.2, 0.25) is 0 Å². The van der Waals surface area contributed by atoms with Gasteiger partial charge in [-0.1, -0.05) is 19.9 Å². The average Bonchev–Trinajstić information content (AvgIpc) is 2.35. The first-order valence-electron chi connectivity index (χ1n) is 5.91. The van der Waals surface area contributed by atoms with Gasteiger partial charge in [-0.2, -0.15) is 0 Å². The lowest BCUT2D eigenvalue weighted by Crippen LogP contribution is -2.09. The Hall–Kier alpha value is -0.890. The van der Waals surface area contributed by atoms with Crippen LogP contribution in [0.3, 0.4) is 0 Å². The first-order chi connectivity index (χ1) is 8.13. The first-order valence-corrected chi connectivity index (χ1v) is 6.45. The van der Waals surface area contributed by atoms with Crippen LogP contribution in [-0.4, -0.2) is 20.1 Å². The van der Waals surface area contributed by atoms with Crippen molar-refractivity contribution in [3.63, 3.8) is 0 Å². The van der Waals surface area contributed by atoms with Crippen molar-refractivity contribution in [2.45, 2.75) is 26.2 Å². The summed E-state index contributed by atoms with van der Waals surface area (Å²) < 4.78 is 10.6. The minimum atomic E-state index is 0.424. The third kappa shape index (κ3) is 3.53. The van der Waals surface area contributed by atoms with Gasteiger partial charge in [-0.3, -0.25) is 0 Å². The fraction of sp³-hybridized carbons (Fsp3) is 0.571. The molecule has 0 fully saturated rings. The van der Waals surface area contributed by atoms with Gasteiger partial charge in [0.25, 0.3) is 0 Å². The van der Waals surface area contributed by atoms with Gasteiger partial charge in [-0.05, 0) is 29.9 Å². The van der Waals surface area contributed by atoms with Gasteiger partial charge in [-0.15, -0.1) is 11.6 Å². The number of hydrogen-bond acceptors (Lipinski definition) is 2. The number of hydrogen-bond donors (Lipinski definition) is 0. The highest BCUT2D eigenvalue weighted by Crippen LogP contribution is 2.36. The fourth-order valence-corrected chi connectivity index (χ4v) is 2.33. The van der Waals surface area contributed by atoms with Crippen molar-refractivity contribution in [1.29, 1.82) is 0 Å². The van der Waals surface area contributed by atoms with E-state index in [0.717, 1.165) is 17.9 Å². The summed E-state index contributed by atoms with van der Waals surface area (Å²) in [5, 5.41) is 0. The lowest BCUT2D eigenvalue weighted by molar-refractivity contribution is 0.380. The zero-order chi connectivity index (χ0) is 12.8. The van der Waals surface area contributed by atoms with E-state index in [0.29, 0.717) is 17.7 Å². The second-order valence-corrected chi connectivity index (χ2v) is 4.81. The van der Waals surface area contributed by atoms with E-state index in [1.165, 1.54) is 5.56 Å². The molecule has 0 N–H and O–H groups in total. The molecule has 0 radical (unpaired) electrons. The minimum Gasteiger partial charge on any atom is -0.497 e. The van der Waals surface area contributed by atoms with E-state index in [1.54, 1.807) is 14.2 Å². The van der Waals surface area contributed by atoms with Crippen LogP contribution in [0.1, 0.15) is 31.7 Å². The van der Waals surface area contributed by atoms with E-state index < -0.39 is 0 Å². The maximum absolute atomic E-state index is 5.88. The smallest absolute Gasteiger partial charge is 0.126 e. The van der Waals surface area contributed by atoms with Gasteiger partial charge in [0.1, 0.15) is 11.5 Å². The van der Waals surface area contributed by atoms with Gasteiger partial charge in [0.15, 0.2) is 0 Å². The van der Waals surface area contributed by atoms with Gasteiger partial charge in [-0.25, -0.2) is 0 Å². The molecular formula is C14H21ClO2. The molecule has 2 nitrogen and oxygen atoms in total. The largest absolute Gasteiger partial charge is 0.497 e. The summed E-state index contributed by atoms with van der Waals surface area (Å²) in [6.45, 7) is 4.42. The van der Waals surface area contributed by atoms with Gasteiger partial charge >= 0.3 is 0 Å². The molecule has 1 rings (SSSR count). The van der Waals surface area contributed by atoms with E-state index in [-0.39, 0.29) is 0 Å². The number of benzene rings is 1. The van der Waals surface area contributed by atoms with Crippen LogP contribution in [0.15, 0.2) is 18.2 Å². The molecule has 0 aliphatic heterocycles. The summed E-state index contributed by atoms with van der Waals surface area (Å²) in [4.78, 5) is 0. The third-order valence-corrected chi connectivity index (χ3v) is 3.28. The molecule has 0 bridgehead atoms. The molecule has 0 heterocycles. The summed E-state index contributed by atoms with van der Waals surface area (Å²) in [5.74, 6) is 3.33. The van der Waals surface area contributed by atoms with Crippen molar-refractivity contribution in [1.82, 2.24) is 0 Å². The summed E-state index contributed by atoms with van der Waals surface area (Å²) in [6.07, 6.45) is 0.960. The van der Waals surface area contributed by atoms with Crippen LogP contribution in [-0.2, 0) is 0 Å². The summed E-state index contributed by atoms with van der Waals surface area (Å²) in [7, 11) is 3.35. The van der Waals surface area contributed by atoms with E-state index in [4.69, 9.17) is 21.1 Å². The average molecular weight is 257 g/mol. The zero-order valence-electron chi connectivity index (χ0n) is 11.0. The highest BCUT2D eigenvalue weighted by Gasteiger charge is 2.19. The first kappa shape index (κ1) is 14.2. The number of ether oxygens (including phenoxy) is 2. The van der Waals surface area contributed by atoms with Crippen molar-refractivity contribution in [2.75, 3.05) is 20.1 Å². The lowest BCUT2D eigenvalue weighted by Gasteiger charge is -2.23. The summed E-state index contributed by atoms with van der Waals surface area (Å²) in [6, 6.07) is 5.98. The number of methoxy groups -OCH3 is 2. The summed E-state index contributed by atoms with van der Waals surface area (Å²) in [5.41, 5.74) is 1.21. The highest BCUT2D eigenvalue weighted by molar-refractivity contribution is 6.17. The van der Waals surface area contributed by atoms with Crippen LogP contribution in [0.2, 0.25) is 0 Å². The van der Waals surface area contributed by atoms with Crippen LogP contribution in [0.25, 0.3) is 0 Å². The standard InChI is InChI=1S/C14H21ClO2/c1-10(2)12(7-8-15)13-6-5-11(16-3)9-14(13)17-4/h5-6,9-10,12H,7-8H2,1-4H3. The molecular weight excluding hydrogens is 236 g/mol. The molecule has 17 heavy (non-hydrogen) atoms. The van der Waals surface area contributed by atoms with Gasteiger partial charge in [0, 0.05) is 11.9 Å². The maximum Gasteiger partial charge on any atom is 0.126 e. The number of halogens is 1. The van der Waals surface area contributed by atoms with Crippen LogP contribution in [0.5, 0.6) is 11.5 Å². The monoisotopic (exact) mass is 256 g/mol. The predicted octanol–water partition coefficient (Wildman–Crippen LogP) is 4.07. The van der Waals surface area contributed by atoms with E-state index in [1.807, 2.05) is 12.1 Å². The predicted molar refractivity (Wildman–Crippen MR) is 72.5 cm³/mol. The summed E-state index contributed by atoms with van der Waals surface area (Å²) >= 11 is 5.88. The van der Waals surface area contributed by atoms with Crippen LogP contribution >= 0.6 is 11.6 Å². The molecule has 0 aliphatic carbocycles. The molecule has 1 atom stereocenters. The van der Waals surface area contributed by atoms with Crippen molar-refractivity contribution < 1.29 is 9.47 Å². The minimum absolute atomic E-state index is 0.424. The SMILES string of the molecule is COc1ccc(C(CCCl)C(C)C)c(OC)c1. The van der Waals surface area contributed by atoms with Gasteiger partial charge < -0.3 is 9.47 Å². The molecule has 0 amide bonds. The Kier molecular flexibility index (Phi) is 5.63. The number of alkyl halides is 1. The van der Waals surface area contributed by atoms with Crippen molar-refractivity contribution in [2.24, 2.45) is 5.92 Å². The van der Waals surface area contributed by atoms with Crippen molar-refractivity contribution in [3.05, 3.63) is 23.8 Å². The van der Waals surface area contributed by atoms with E-state index in [9.17, 15) is 0 Å². The van der Waals surface area contributed by atoms with Crippen molar-refractivity contribution in [3.8, 4) is 11.5 Å². The van der Waals surface area contributed by atoms with Gasteiger partial charge in [0.05, 0.1) is 14.2 Å². The third-order valence-electron chi connectivity index (χ3n) is 3.06. The second kappa shape index (κ2) is 6.75. The molecule has 1 aromatic carbocycles. The topological polar surface area (TPSA) is 18.5 Å². The normalized spacial score (nSPS) is 12.6. The van der Waals surface area contributed by atoms with Crippen molar-refractivity contribution >= 4 is 11.6 Å². The molecule has 1 unspecified atom stereocenters. The molecule has 96 valence electrons. The molecule has 0 saturated heterocycles. The van der Waals surface area contributed by atoms with E-state index in [2.05, 4.69) is 19.9 Å². The molecule has 0 saturated carbocycles. The quantitative estimate of drug-likeness (QED) is 0.715. The Balaban J connectivity index is 3.09. The van der Waals surface area contributed by atoms with Crippen LogP contribution in [0.4, 0.5) is 0 Å². The van der Waals surface area contributed by atoms with E-state index >= 15 is 0 Å². The number of rotatable bonds is 6. The van der Waals surface area contributed by atoms with Crippen LogP contribution in [0, 0.1) is 5.92 Å². The molecule has 1 aromatic rings. The second-order valence-electron chi connectivity index (χ2n) is 4.44. The molecule has 3 heteroatoms. The highest BCUT2D eigenvalue weighted by atomic mass is 35.5. The Labute approximate surface area is 109 Å². The maximum atomic E-state index is 5.88. The fourth-order valence-electron chi connectivity index (χ4n) is 2.09. The Morgan fingerprint density at radius 1 is 1.18 bits per heavy atom. The lowest BCUT2D eigenvalue weighted by atomic mass is 9.86.